The summed E-state index contributed by atoms with van der Waals surface area (Å²) < 4.78 is 0. The third kappa shape index (κ3) is 1.96. The molecule has 4 nitrogen and oxygen atoms in total. The minimum absolute atomic E-state index is 0.222. The third-order valence-corrected chi connectivity index (χ3v) is 0.920. The van der Waals surface area contributed by atoms with Gasteiger partial charge in [0.15, 0.2) is 5.57 Å². The first-order valence-corrected chi connectivity index (χ1v) is 2.57. The molecule has 4 heteroatoms. The molecule has 0 radical (unpaired) electrons. The molecule has 0 amide bonds. The van der Waals surface area contributed by atoms with Gasteiger partial charge in [-0.3, -0.25) is 0 Å². The number of aliphatic carboxylic acids is 1. The minimum Gasteiger partial charge on any atom is -0.477 e. The number of hydrogen-bond acceptors (Lipinski definition) is 3. The maximum Gasteiger partial charge on any atom is 0.347 e. The maximum atomic E-state index is 10.2. The van der Waals surface area contributed by atoms with E-state index in [1.54, 1.807) is 6.07 Å². The minimum atomic E-state index is -1.41. The average molecular weight is 148 g/mol. The Bertz CT molecular complexity index is 301. The van der Waals surface area contributed by atoms with Gasteiger partial charge in [0, 0.05) is 0 Å². The zero-order valence-electron chi connectivity index (χ0n) is 5.53. The van der Waals surface area contributed by atoms with Crippen molar-refractivity contribution in [3.8, 4) is 12.1 Å². The van der Waals surface area contributed by atoms with E-state index in [0.717, 1.165) is 6.08 Å². The Morgan fingerprint density at radius 3 is 2.09 bits per heavy atom. The number of carbonyl (C=O) groups is 1. The molecule has 0 aliphatic heterocycles. The van der Waals surface area contributed by atoms with Gasteiger partial charge in [0.05, 0.1) is 5.57 Å². The van der Waals surface area contributed by atoms with Gasteiger partial charge in [-0.1, -0.05) is 6.58 Å². The molecule has 1 N–H and O–H groups in total. The highest BCUT2D eigenvalue weighted by atomic mass is 16.4. The van der Waals surface area contributed by atoms with E-state index in [-0.39, 0.29) is 5.57 Å². The Balaban J connectivity index is 5.19. The van der Waals surface area contributed by atoms with Gasteiger partial charge in [0.2, 0.25) is 0 Å². The molecule has 0 fully saturated rings. The highest BCUT2D eigenvalue weighted by Crippen LogP contribution is 2.03. The van der Waals surface area contributed by atoms with Crippen molar-refractivity contribution in [3.05, 3.63) is 23.8 Å². The number of hydrogen-bond donors (Lipinski definition) is 1. The van der Waals surface area contributed by atoms with E-state index < -0.39 is 11.5 Å². The average Bonchev–Trinajstić information content (AvgIpc) is 1.99. The van der Waals surface area contributed by atoms with Crippen LogP contribution in [0.4, 0.5) is 0 Å². The van der Waals surface area contributed by atoms with Gasteiger partial charge in [-0.15, -0.1) is 0 Å². The Labute approximate surface area is 63.3 Å². The second-order valence-corrected chi connectivity index (χ2v) is 1.52. The molecule has 11 heavy (non-hydrogen) atoms. The fourth-order valence-electron chi connectivity index (χ4n) is 0.427. The molecule has 0 aromatic rings. The summed E-state index contributed by atoms with van der Waals surface area (Å²) in [6.45, 7) is 3.19. The Morgan fingerprint density at radius 2 is 2.00 bits per heavy atom. The maximum absolute atomic E-state index is 10.2. The molecule has 0 aliphatic carbocycles. The summed E-state index contributed by atoms with van der Waals surface area (Å²) in [5, 5.41) is 24.9. The lowest BCUT2D eigenvalue weighted by atomic mass is 10.1. The van der Waals surface area contributed by atoms with Gasteiger partial charge in [-0.25, -0.2) is 4.79 Å². The number of nitriles is 2. The van der Waals surface area contributed by atoms with Gasteiger partial charge >= 0.3 is 5.97 Å². The molecule has 0 atom stereocenters. The topological polar surface area (TPSA) is 84.9 Å². The third-order valence-electron chi connectivity index (χ3n) is 0.920. The van der Waals surface area contributed by atoms with E-state index in [1.165, 1.54) is 6.07 Å². The normalized spacial score (nSPS) is 10.4. The molecule has 0 unspecified atom stereocenters. The fraction of sp³-hybridized carbons (Fsp3) is 0. The van der Waals surface area contributed by atoms with Gasteiger partial charge in [0.25, 0.3) is 0 Å². The Hall–Kier alpha value is -2.07. The Kier molecular flexibility index (Phi) is 3.14. The lowest BCUT2D eigenvalue weighted by molar-refractivity contribution is -0.132. The molecular formula is C7H4N2O2. The number of carboxylic acid groups (broad SMARTS) is 1. The lowest BCUT2D eigenvalue weighted by Gasteiger charge is -1.88. The summed E-state index contributed by atoms with van der Waals surface area (Å²) in [5.41, 5.74) is -0.803. The van der Waals surface area contributed by atoms with Crippen LogP contribution in [0.5, 0.6) is 0 Å². The molecule has 0 aliphatic rings. The van der Waals surface area contributed by atoms with Gasteiger partial charge in [-0.2, -0.15) is 10.5 Å². The van der Waals surface area contributed by atoms with Crippen LogP contribution < -0.4 is 0 Å². The second kappa shape index (κ2) is 3.86. The lowest BCUT2D eigenvalue weighted by Crippen LogP contribution is -2.00. The predicted molar refractivity (Wildman–Crippen MR) is 36.1 cm³/mol. The van der Waals surface area contributed by atoms with E-state index in [4.69, 9.17) is 15.6 Å². The quantitative estimate of drug-likeness (QED) is 0.353. The molecule has 0 aromatic heterocycles. The van der Waals surface area contributed by atoms with Crippen molar-refractivity contribution in [1.29, 1.82) is 10.5 Å². The van der Waals surface area contributed by atoms with E-state index >= 15 is 0 Å². The van der Waals surface area contributed by atoms with Crippen LogP contribution in [-0.2, 0) is 4.79 Å². The Morgan fingerprint density at radius 1 is 1.45 bits per heavy atom. The van der Waals surface area contributed by atoms with Crippen LogP contribution in [0, 0.1) is 22.7 Å². The smallest absolute Gasteiger partial charge is 0.347 e. The molecule has 0 spiro atoms. The van der Waals surface area contributed by atoms with Crippen molar-refractivity contribution >= 4 is 5.97 Å². The van der Waals surface area contributed by atoms with Crippen LogP contribution in [0.25, 0.3) is 0 Å². The molecule has 0 rings (SSSR count). The largest absolute Gasteiger partial charge is 0.477 e. The van der Waals surface area contributed by atoms with E-state index in [0.29, 0.717) is 0 Å². The molecule has 0 saturated heterocycles. The van der Waals surface area contributed by atoms with E-state index in [9.17, 15) is 4.79 Å². The number of allylic oxidation sites excluding steroid dienone is 2. The monoisotopic (exact) mass is 148 g/mol. The fourth-order valence-corrected chi connectivity index (χ4v) is 0.427. The highest BCUT2D eigenvalue weighted by Gasteiger charge is 2.10. The van der Waals surface area contributed by atoms with Crippen molar-refractivity contribution in [2.24, 2.45) is 0 Å². The SMILES string of the molecule is C=CC(C#N)=C(C#N)C(=O)O. The zero-order valence-corrected chi connectivity index (χ0v) is 5.53. The van der Waals surface area contributed by atoms with Crippen LogP contribution >= 0.6 is 0 Å². The summed E-state index contributed by atoms with van der Waals surface area (Å²) >= 11 is 0. The first-order valence-electron chi connectivity index (χ1n) is 2.57. The van der Waals surface area contributed by atoms with Crippen molar-refractivity contribution in [2.75, 3.05) is 0 Å². The van der Waals surface area contributed by atoms with Crippen LogP contribution in [0.3, 0.4) is 0 Å². The molecular weight excluding hydrogens is 144 g/mol. The van der Waals surface area contributed by atoms with E-state index in [1.807, 2.05) is 0 Å². The van der Waals surface area contributed by atoms with Crippen molar-refractivity contribution < 1.29 is 9.90 Å². The standard InChI is InChI=1S/C7H4N2O2/c1-2-5(3-8)6(4-9)7(10)11/h2H,1H2,(H,10,11). The van der Waals surface area contributed by atoms with Gasteiger partial charge in [-0.05, 0) is 6.08 Å². The van der Waals surface area contributed by atoms with Crippen LogP contribution in [0.15, 0.2) is 23.8 Å². The summed E-state index contributed by atoms with van der Waals surface area (Å²) in [4.78, 5) is 10.2. The summed E-state index contributed by atoms with van der Waals surface area (Å²) in [6.07, 6.45) is 1.03. The summed E-state index contributed by atoms with van der Waals surface area (Å²) in [5.74, 6) is -1.41. The molecule has 54 valence electrons. The highest BCUT2D eigenvalue weighted by molar-refractivity contribution is 5.93. The van der Waals surface area contributed by atoms with Crippen molar-refractivity contribution in [1.82, 2.24) is 0 Å². The predicted octanol–water partition coefficient (Wildman–Crippen LogP) is 0.601. The molecule has 0 heterocycles. The van der Waals surface area contributed by atoms with Gasteiger partial charge < -0.3 is 5.11 Å². The second-order valence-electron chi connectivity index (χ2n) is 1.52. The van der Waals surface area contributed by atoms with Crippen molar-refractivity contribution in [2.45, 2.75) is 0 Å². The zero-order chi connectivity index (χ0) is 8.85. The first-order chi connectivity index (χ1) is 5.17. The van der Waals surface area contributed by atoms with E-state index in [2.05, 4.69) is 6.58 Å². The van der Waals surface area contributed by atoms with Crippen LogP contribution in [0.1, 0.15) is 0 Å². The number of carboxylic acids is 1. The summed E-state index contributed by atoms with van der Waals surface area (Å²) in [7, 11) is 0. The molecule has 0 aromatic carbocycles. The summed E-state index contributed by atoms with van der Waals surface area (Å²) in [6, 6.07) is 2.93. The number of rotatable bonds is 2. The van der Waals surface area contributed by atoms with Crippen molar-refractivity contribution in [3.63, 3.8) is 0 Å². The molecule has 0 bridgehead atoms. The number of nitrogens with zero attached hydrogens (tertiary/aromatic N) is 2. The van der Waals surface area contributed by atoms with Crippen LogP contribution in [0.2, 0.25) is 0 Å². The van der Waals surface area contributed by atoms with Crippen LogP contribution in [-0.4, -0.2) is 11.1 Å². The molecule has 0 saturated carbocycles. The van der Waals surface area contributed by atoms with Gasteiger partial charge in [0.1, 0.15) is 12.1 Å². The first kappa shape index (κ1) is 8.93.